The van der Waals surface area contributed by atoms with Gasteiger partial charge in [-0.15, -0.1) is 22.9 Å². The van der Waals surface area contributed by atoms with Crippen LogP contribution in [0.15, 0.2) is 41.8 Å². The number of hydrogen-bond acceptors (Lipinski definition) is 4. The first kappa shape index (κ1) is 21.7. The molecule has 0 saturated heterocycles. The van der Waals surface area contributed by atoms with Gasteiger partial charge in [-0.2, -0.15) is 0 Å². The van der Waals surface area contributed by atoms with Crippen molar-refractivity contribution in [2.75, 3.05) is 13.0 Å². The standard InChI is InChI=1S/C22H27ClN2O3S/c1-28-18-10-5-7-16(13-18)21(22(27)24-17-8-3-2-4-9-17)25(20(26)14-23)15-19-11-6-12-29-19/h5-7,10-13,17,21H,2-4,8-9,14-15H2,1H3,(H,24,27). The summed E-state index contributed by atoms with van der Waals surface area (Å²) in [6, 6.07) is 10.6. The maximum atomic E-state index is 13.4. The van der Waals surface area contributed by atoms with Crippen molar-refractivity contribution < 1.29 is 14.3 Å². The fourth-order valence-corrected chi connectivity index (χ4v) is 4.64. The highest BCUT2D eigenvalue weighted by molar-refractivity contribution is 7.09. The Morgan fingerprint density at radius 1 is 1.24 bits per heavy atom. The average molecular weight is 435 g/mol. The molecule has 0 radical (unpaired) electrons. The number of amides is 2. The van der Waals surface area contributed by atoms with Gasteiger partial charge in [-0.3, -0.25) is 9.59 Å². The second kappa shape index (κ2) is 10.6. The highest BCUT2D eigenvalue weighted by atomic mass is 35.5. The van der Waals surface area contributed by atoms with E-state index in [1.165, 1.54) is 6.42 Å². The molecule has 7 heteroatoms. The van der Waals surface area contributed by atoms with E-state index in [4.69, 9.17) is 16.3 Å². The van der Waals surface area contributed by atoms with Crippen molar-refractivity contribution in [1.82, 2.24) is 10.2 Å². The summed E-state index contributed by atoms with van der Waals surface area (Å²) < 4.78 is 5.35. The van der Waals surface area contributed by atoms with E-state index in [0.29, 0.717) is 17.9 Å². The number of nitrogens with one attached hydrogen (secondary N) is 1. The van der Waals surface area contributed by atoms with Gasteiger partial charge in [-0.25, -0.2) is 0 Å². The molecule has 1 aliphatic carbocycles. The Morgan fingerprint density at radius 3 is 2.69 bits per heavy atom. The third-order valence-corrected chi connectivity index (χ3v) is 6.35. The first-order valence-corrected chi connectivity index (χ1v) is 11.4. The molecule has 0 bridgehead atoms. The number of halogens is 1. The number of carbonyl (C=O) groups is 2. The molecule has 1 aromatic carbocycles. The zero-order valence-electron chi connectivity index (χ0n) is 16.6. The number of alkyl halides is 1. The molecule has 0 aliphatic heterocycles. The smallest absolute Gasteiger partial charge is 0.247 e. The largest absolute Gasteiger partial charge is 0.497 e. The number of methoxy groups -OCH3 is 1. The van der Waals surface area contributed by atoms with Crippen molar-refractivity contribution in [2.45, 2.75) is 50.7 Å². The van der Waals surface area contributed by atoms with E-state index in [-0.39, 0.29) is 23.7 Å². The third kappa shape index (κ3) is 5.73. The summed E-state index contributed by atoms with van der Waals surface area (Å²) in [6.45, 7) is 0.336. The lowest BCUT2D eigenvalue weighted by molar-refractivity contribution is -0.140. The van der Waals surface area contributed by atoms with Gasteiger partial charge < -0.3 is 15.0 Å². The molecular weight excluding hydrogens is 408 g/mol. The molecule has 156 valence electrons. The van der Waals surface area contributed by atoms with E-state index in [1.807, 2.05) is 41.8 Å². The zero-order chi connectivity index (χ0) is 20.6. The van der Waals surface area contributed by atoms with Crippen LogP contribution in [0.25, 0.3) is 0 Å². The lowest BCUT2D eigenvalue weighted by Crippen LogP contribution is -2.47. The van der Waals surface area contributed by atoms with Crippen molar-refractivity contribution in [3.05, 3.63) is 52.2 Å². The number of hydrogen-bond donors (Lipinski definition) is 1. The highest BCUT2D eigenvalue weighted by Gasteiger charge is 2.33. The van der Waals surface area contributed by atoms with Gasteiger partial charge in [0.2, 0.25) is 11.8 Å². The number of rotatable bonds is 8. The Kier molecular flexibility index (Phi) is 7.95. The van der Waals surface area contributed by atoms with Crippen molar-refractivity contribution >= 4 is 34.8 Å². The van der Waals surface area contributed by atoms with Crippen LogP contribution in [-0.4, -0.2) is 35.7 Å². The molecule has 1 aliphatic rings. The van der Waals surface area contributed by atoms with E-state index in [1.54, 1.807) is 23.3 Å². The minimum absolute atomic E-state index is 0.152. The molecule has 1 atom stereocenters. The summed E-state index contributed by atoms with van der Waals surface area (Å²) in [7, 11) is 1.59. The average Bonchev–Trinajstić information content (AvgIpc) is 3.27. The van der Waals surface area contributed by atoms with Gasteiger partial charge >= 0.3 is 0 Å². The Labute approximate surface area is 181 Å². The fourth-order valence-electron chi connectivity index (χ4n) is 3.78. The van der Waals surface area contributed by atoms with E-state index in [0.717, 1.165) is 30.6 Å². The second-order valence-corrected chi connectivity index (χ2v) is 8.56. The number of thiophene rings is 1. The minimum Gasteiger partial charge on any atom is -0.497 e. The van der Waals surface area contributed by atoms with Crippen molar-refractivity contribution in [3.8, 4) is 5.75 Å². The molecule has 2 aromatic rings. The lowest BCUT2D eigenvalue weighted by atomic mass is 9.94. The quantitative estimate of drug-likeness (QED) is 0.621. The van der Waals surface area contributed by atoms with Gasteiger partial charge in [-0.05, 0) is 42.0 Å². The summed E-state index contributed by atoms with van der Waals surface area (Å²) in [5.74, 6) is 0.0296. The normalized spacial score (nSPS) is 15.5. The SMILES string of the molecule is COc1cccc(C(C(=O)NC2CCCCC2)N(Cc2cccs2)C(=O)CCl)c1. The maximum absolute atomic E-state index is 13.4. The Hall–Kier alpha value is -2.05. The number of carbonyl (C=O) groups excluding carboxylic acids is 2. The summed E-state index contributed by atoms with van der Waals surface area (Å²) in [5.41, 5.74) is 0.715. The second-order valence-electron chi connectivity index (χ2n) is 7.26. The van der Waals surface area contributed by atoms with Crippen LogP contribution in [0.3, 0.4) is 0 Å². The zero-order valence-corrected chi connectivity index (χ0v) is 18.2. The molecule has 1 aromatic heterocycles. The Bertz CT molecular complexity index is 806. The monoisotopic (exact) mass is 434 g/mol. The molecule has 0 spiro atoms. The van der Waals surface area contributed by atoms with Crippen LogP contribution in [0.2, 0.25) is 0 Å². The number of benzene rings is 1. The summed E-state index contributed by atoms with van der Waals surface area (Å²) in [4.78, 5) is 28.8. The molecule has 2 amide bonds. The van der Waals surface area contributed by atoms with E-state index >= 15 is 0 Å². The van der Waals surface area contributed by atoms with Crippen molar-refractivity contribution in [2.24, 2.45) is 0 Å². The van der Waals surface area contributed by atoms with Gasteiger partial charge in [0.05, 0.1) is 13.7 Å². The topological polar surface area (TPSA) is 58.6 Å². The Balaban J connectivity index is 1.93. The van der Waals surface area contributed by atoms with Gasteiger partial charge in [-0.1, -0.05) is 37.5 Å². The van der Waals surface area contributed by atoms with Gasteiger partial charge in [0.15, 0.2) is 0 Å². The molecule has 1 heterocycles. The maximum Gasteiger partial charge on any atom is 0.247 e. The molecule has 1 fully saturated rings. The van der Waals surface area contributed by atoms with Crippen LogP contribution in [-0.2, 0) is 16.1 Å². The van der Waals surface area contributed by atoms with E-state index < -0.39 is 6.04 Å². The van der Waals surface area contributed by atoms with E-state index in [2.05, 4.69) is 5.32 Å². The minimum atomic E-state index is -0.764. The van der Waals surface area contributed by atoms with E-state index in [9.17, 15) is 9.59 Å². The van der Waals surface area contributed by atoms with Gasteiger partial charge in [0.25, 0.3) is 0 Å². The van der Waals surface area contributed by atoms with Crippen LogP contribution in [0.4, 0.5) is 0 Å². The molecule has 5 nitrogen and oxygen atoms in total. The molecule has 3 rings (SSSR count). The molecule has 1 saturated carbocycles. The van der Waals surface area contributed by atoms with Gasteiger partial charge in [0, 0.05) is 10.9 Å². The fraction of sp³-hybridized carbons (Fsp3) is 0.455. The highest BCUT2D eigenvalue weighted by Crippen LogP contribution is 2.29. The predicted octanol–water partition coefficient (Wildman–Crippen LogP) is 4.51. The van der Waals surface area contributed by atoms with Crippen LogP contribution >= 0.6 is 22.9 Å². The first-order chi connectivity index (χ1) is 14.1. The molecule has 29 heavy (non-hydrogen) atoms. The number of nitrogens with zero attached hydrogens (tertiary/aromatic N) is 1. The lowest BCUT2D eigenvalue weighted by Gasteiger charge is -2.33. The predicted molar refractivity (Wildman–Crippen MR) is 116 cm³/mol. The number of ether oxygens (including phenoxy) is 1. The van der Waals surface area contributed by atoms with Crippen molar-refractivity contribution in [1.29, 1.82) is 0 Å². The molecule has 1 N–H and O–H groups in total. The summed E-state index contributed by atoms with van der Waals surface area (Å²) in [5, 5.41) is 5.14. The summed E-state index contributed by atoms with van der Waals surface area (Å²) >= 11 is 7.48. The Morgan fingerprint density at radius 2 is 2.03 bits per heavy atom. The van der Waals surface area contributed by atoms with Gasteiger partial charge in [0.1, 0.15) is 17.7 Å². The van der Waals surface area contributed by atoms with Crippen LogP contribution in [0, 0.1) is 0 Å². The molecular formula is C22H27ClN2O3S. The van der Waals surface area contributed by atoms with Crippen LogP contribution < -0.4 is 10.1 Å². The third-order valence-electron chi connectivity index (χ3n) is 5.26. The first-order valence-electron chi connectivity index (χ1n) is 9.94. The molecule has 1 unspecified atom stereocenters. The summed E-state index contributed by atoms with van der Waals surface area (Å²) in [6.07, 6.45) is 5.40. The van der Waals surface area contributed by atoms with Crippen LogP contribution in [0.1, 0.15) is 48.6 Å². The van der Waals surface area contributed by atoms with Crippen molar-refractivity contribution in [3.63, 3.8) is 0 Å². The van der Waals surface area contributed by atoms with Crippen LogP contribution in [0.5, 0.6) is 5.75 Å².